The quantitative estimate of drug-likeness (QED) is 0.353. The fourth-order valence-corrected chi connectivity index (χ4v) is 6.35. The Kier molecular flexibility index (Phi) is 6.75. The molecule has 0 saturated carbocycles. The maximum atomic E-state index is 14.4. The van der Waals surface area contributed by atoms with Gasteiger partial charge in [-0.15, -0.1) is 11.3 Å². The number of fused-ring (bicyclic) bond motifs is 1. The van der Waals surface area contributed by atoms with Crippen LogP contribution in [0.4, 0.5) is 13.2 Å². The maximum Gasteiger partial charge on any atom is 0.400 e. The maximum absolute atomic E-state index is 14.4. The lowest BCUT2D eigenvalue weighted by Gasteiger charge is -2.16. The Bertz CT molecular complexity index is 1440. The van der Waals surface area contributed by atoms with E-state index in [2.05, 4.69) is 15.9 Å². The number of halogens is 4. The summed E-state index contributed by atoms with van der Waals surface area (Å²) in [5.41, 5.74) is 0.514. The first-order valence-electron chi connectivity index (χ1n) is 8.65. The molecule has 0 radical (unpaired) electrons. The van der Waals surface area contributed by atoms with Gasteiger partial charge in [0.05, 0.1) is 9.60 Å². The summed E-state index contributed by atoms with van der Waals surface area (Å²) in [6, 6.07) is 5.39. The smallest absolute Gasteiger partial charge is 0.400 e. The van der Waals surface area contributed by atoms with E-state index < -0.39 is 46.3 Å². The highest BCUT2D eigenvalue weighted by atomic mass is 79.9. The number of sulfone groups is 1. The molecule has 4 N–H and O–H groups in total. The molecular formula is C18H14BrF3NO7PS2. The zero-order valence-electron chi connectivity index (χ0n) is 16.4. The third-order valence-electron chi connectivity index (χ3n) is 4.45. The number of hydrogen-bond donors (Lipinski definition) is 3. The molecule has 178 valence electrons. The van der Waals surface area contributed by atoms with Gasteiger partial charge in [0, 0.05) is 27.2 Å². The Morgan fingerprint density at radius 3 is 2.42 bits per heavy atom. The topological polar surface area (TPSA) is 144 Å². The Hall–Kier alpha value is -1.96. The van der Waals surface area contributed by atoms with Crippen LogP contribution in [0.15, 0.2) is 39.7 Å². The standard InChI is InChI=1S/C18H14BrF3NO7PS2/c1-33(28,29)10-3-2-8(12(20)6-10)7-30-13-5-9(17(23)24)4-11-14(19)16(32-15(11)13)18(21,22)31(25,26)27/h2-6H,7H2,1H3,(H2,23,24)(H2,25,26,27). The van der Waals surface area contributed by atoms with Gasteiger partial charge in [-0.25, -0.2) is 12.8 Å². The zero-order valence-corrected chi connectivity index (χ0v) is 20.5. The molecule has 0 spiro atoms. The number of ether oxygens (including phenoxy) is 1. The predicted molar refractivity (Wildman–Crippen MR) is 118 cm³/mol. The molecule has 15 heteroatoms. The fourth-order valence-electron chi connectivity index (χ4n) is 2.75. The first-order valence-corrected chi connectivity index (χ1v) is 13.8. The third-order valence-corrected chi connectivity index (χ3v) is 9.05. The van der Waals surface area contributed by atoms with Crippen LogP contribution in [0.3, 0.4) is 0 Å². The van der Waals surface area contributed by atoms with E-state index in [0.29, 0.717) is 11.3 Å². The number of alkyl halides is 2. The van der Waals surface area contributed by atoms with Crippen molar-refractivity contribution >= 4 is 60.7 Å². The Balaban J connectivity index is 2.10. The lowest BCUT2D eigenvalue weighted by Crippen LogP contribution is -2.12. The summed E-state index contributed by atoms with van der Waals surface area (Å²) in [4.78, 5) is 28.6. The second-order valence-electron chi connectivity index (χ2n) is 6.86. The van der Waals surface area contributed by atoms with Crippen LogP contribution >= 0.6 is 34.9 Å². The molecule has 0 aliphatic heterocycles. The molecule has 3 rings (SSSR count). The summed E-state index contributed by atoms with van der Waals surface area (Å²) in [5, 5.41) is -0.0256. The first-order chi connectivity index (χ1) is 15.0. The van der Waals surface area contributed by atoms with Crippen LogP contribution in [0.25, 0.3) is 10.1 Å². The summed E-state index contributed by atoms with van der Waals surface area (Å²) in [5.74, 6) is -2.01. The van der Waals surface area contributed by atoms with E-state index in [1.807, 2.05) is 0 Å². The van der Waals surface area contributed by atoms with Crippen molar-refractivity contribution in [3.05, 3.63) is 56.6 Å². The molecule has 0 aliphatic carbocycles. The normalized spacial score (nSPS) is 12.8. The summed E-state index contributed by atoms with van der Waals surface area (Å²) in [7, 11) is -9.54. The van der Waals surface area contributed by atoms with Gasteiger partial charge in [-0.3, -0.25) is 9.36 Å². The lowest BCUT2D eigenvalue weighted by atomic mass is 10.1. The number of carbonyl (C=O) groups is 1. The molecule has 0 unspecified atom stereocenters. The molecule has 1 heterocycles. The number of thiophene rings is 1. The van der Waals surface area contributed by atoms with E-state index in [9.17, 15) is 30.9 Å². The van der Waals surface area contributed by atoms with Crippen molar-refractivity contribution in [1.82, 2.24) is 0 Å². The van der Waals surface area contributed by atoms with E-state index in [-0.39, 0.29) is 36.3 Å². The minimum absolute atomic E-state index is 0.0110. The molecule has 0 aliphatic rings. The van der Waals surface area contributed by atoms with Gasteiger partial charge in [-0.1, -0.05) is 6.07 Å². The van der Waals surface area contributed by atoms with Crippen LogP contribution in [0, 0.1) is 5.82 Å². The predicted octanol–water partition coefficient (Wildman–Crippen LogP) is 4.11. The number of primary amides is 1. The largest absolute Gasteiger partial charge is 0.487 e. The SMILES string of the molecule is CS(=O)(=O)c1ccc(COc2cc(C(N)=O)cc3c(Br)c(C(F)(F)P(=O)(O)O)sc23)c(F)c1. The molecule has 0 fully saturated rings. The first kappa shape index (κ1) is 25.7. The van der Waals surface area contributed by atoms with Gasteiger partial charge < -0.3 is 20.3 Å². The number of benzene rings is 2. The van der Waals surface area contributed by atoms with Crippen molar-refractivity contribution in [2.24, 2.45) is 5.73 Å². The monoisotopic (exact) mass is 587 g/mol. The summed E-state index contributed by atoms with van der Waals surface area (Å²) in [6.07, 6.45) is 0.906. The lowest BCUT2D eigenvalue weighted by molar-refractivity contribution is 0.0595. The highest BCUT2D eigenvalue weighted by Crippen LogP contribution is 2.63. The van der Waals surface area contributed by atoms with Gasteiger partial charge in [-0.2, -0.15) is 8.78 Å². The van der Waals surface area contributed by atoms with Crippen molar-refractivity contribution in [3.8, 4) is 5.75 Å². The van der Waals surface area contributed by atoms with Crippen LogP contribution < -0.4 is 10.5 Å². The van der Waals surface area contributed by atoms with E-state index in [0.717, 1.165) is 30.5 Å². The number of amides is 1. The third kappa shape index (κ3) is 4.96. The van der Waals surface area contributed by atoms with Crippen molar-refractivity contribution in [3.63, 3.8) is 0 Å². The van der Waals surface area contributed by atoms with Gasteiger partial charge in [0.15, 0.2) is 9.84 Å². The summed E-state index contributed by atoms with van der Waals surface area (Å²) >= 11 is 3.20. The molecule has 8 nitrogen and oxygen atoms in total. The number of nitrogens with two attached hydrogens (primary N) is 1. The van der Waals surface area contributed by atoms with Gasteiger partial charge >= 0.3 is 13.3 Å². The highest BCUT2D eigenvalue weighted by Gasteiger charge is 2.53. The Morgan fingerprint density at radius 1 is 1.27 bits per heavy atom. The molecular weight excluding hydrogens is 574 g/mol. The molecule has 3 aromatic rings. The van der Waals surface area contributed by atoms with Crippen molar-refractivity contribution < 1.29 is 45.5 Å². The minimum Gasteiger partial charge on any atom is -0.487 e. The van der Waals surface area contributed by atoms with Crippen LogP contribution in [-0.4, -0.2) is 30.4 Å². The molecule has 0 atom stereocenters. The van der Waals surface area contributed by atoms with Gasteiger partial charge in [0.25, 0.3) is 0 Å². The van der Waals surface area contributed by atoms with E-state index >= 15 is 0 Å². The molecule has 0 bridgehead atoms. The minimum atomic E-state index is -5.89. The van der Waals surface area contributed by atoms with Gasteiger partial charge in [-0.05, 0) is 40.2 Å². The Labute approximate surface area is 197 Å². The highest BCUT2D eigenvalue weighted by molar-refractivity contribution is 9.10. The van der Waals surface area contributed by atoms with Crippen molar-refractivity contribution in [1.29, 1.82) is 0 Å². The van der Waals surface area contributed by atoms with Crippen molar-refractivity contribution in [2.45, 2.75) is 17.2 Å². The van der Waals surface area contributed by atoms with Crippen LogP contribution in [0.2, 0.25) is 0 Å². The Morgan fingerprint density at radius 2 is 1.91 bits per heavy atom. The molecule has 33 heavy (non-hydrogen) atoms. The molecule has 0 saturated heterocycles. The molecule has 2 aromatic carbocycles. The van der Waals surface area contributed by atoms with E-state index in [1.54, 1.807) is 0 Å². The second kappa shape index (κ2) is 8.67. The van der Waals surface area contributed by atoms with Crippen LogP contribution in [0.1, 0.15) is 20.8 Å². The van der Waals surface area contributed by atoms with Gasteiger partial charge in [0.2, 0.25) is 5.91 Å². The number of rotatable bonds is 7. The van der Waals surface area contributed by atoms with E-state index in [1.165, 1.54) is 6.07 Å². The van der Waals surface area contributed by atoms with Crippen LogP contribution in [-0.2, 0) is 26.7 Å². The number of carbonyl (C=O) groups excluding carboxylic acids is 1. The number of hydrogen-bond acceptors (Lipinski definition) is 6. The second-order valence-corrected chi connectivity index (χ2v) is 12.3. The average Bonchev–Trinajstić information content (AvgIpc) is 3.02. The average molecular weight is 588 g/mol. The van der Waals surface area contributed by atoms with Crippen LogP contribution in [0.5, 0.6) is 5.75 Å². The zero-order chi connectivity index (χ0) is 24.9. The fraction of sp³-hybridized carbons (Fsp3) is 0.167. The summed E-state index contributed by atoms with van der Waals surface area (Å²) < 4.78 is 82.7. The molecule has 1 amide bonds. The molecule has 1 aromatic heterocycles. The van der Waals surface area contributed by atoms with Gasteiger partial charge in [0.1, 0.15) is 23.1 Å². The van der Waals surface area contributed by atoms with Crippen molar-refractivity contribution in [2.75, 3.05) is 6.26 Å². The van der Waals surface area contributed by atoms with E-state index in [4.69, 9.17) is 20.3 Å². The summed E-state index contributed by atoms with van der Waals surface area (Å²) in [6.45, 7) is -0.479.